The molecule has 6 heteroatoms. The van der Waals surface area contributed by atoms with Crippen LogP contribution in [0.2, 0.25) is 0 Å². The van der Waals surface area contributed by atoms with Crippen molar-refractivity contribution in [3.8, 4) is 0 Å². The molecular formula is C30H59ClMgO4. The Bertz CT molecular complexity index is 513. The minimum Gasteiger partial charge on any atom is -1.00 e. The van der Waals surface area contributed by atoms with Gasteiger partial charge in [0.2, 0.25) is 0 Å². The normalized spacial score (nSPS) is 26.3. The van der Waals surface area contributed by atoms with Crippen molar-refractivity contribution in [2.45, 2.75) is 125 Å². The third-order valence-electron chi connectivity index (χ3n) is 8.26. The first-order chi connectivity index (χ1) is 15.2. The fraction of sp³-hybridized carbons (Fsp3) is 0.933. The van der Waals surface area contributed by atoms with Crippen LogP contribution in [0.3, 0.4) is 0 Å². The Kier molecular flexibility index (Phi) is 21.2. The van der Waals surface area contributed by atoms with Crippen LogP contribution in [0.4, 0.5) is 0 Å². The van der Waals surface area contributed by atoms with Gasteiger partial charge in [0.1, 0.15) is 0 Å². The number of carbonyl (C=O) groups is 1. The van der Waals surface area contributed by atoms with Gasteiger partial charge in [-0.1, -0.05) is 41.5 Å². The SMILES string of the molecule is C1CCOC1.CC(C)(C)C1CCC(C(C)(C)O)CC1.COC(=O)C1CCC(C(C)(C)C)CC1.[CH3-].[Cl-].[Mg+2]. The van der Waals surface area contributed by atoms with E-state index in [-0.39, 0.29) is 54.8 Å². The topological polar surface area (TPSA) is 55.8 Å². The van der Waals surface area contributed by atoms with Crippen LogP contribution in [0.25, 0.3) is 0 Å². The maximum Gasteiger partial charge on any atom is 2.00 e. The van der Waals surface area contributed by atoms with Crippen LogP contribution >= 0.6 is 0 Å². The quantitative estimate of drug-likeness (QED) is 0.317. The van der Waals surface area contributed by atoms with Crippen LogP contribution < -0.4 is 12.4 Å². The van der Waals surface area contributed by atoms with Crippen LogP contribution in [0, 0.1) is 41.9 Å². The van der Waals surface area contributed by atoms with Gasteiger partial charge in [-0.3, -0.25) is 4.79 Å². The van der Waals surface area contributed by atoms with Crippen molar-refractivity contribution < 1.29 is 31.8 Å². The Morgan fingerprint density at radius 3 is 1.31 bits per heavy atom. The number of carbonyl (C=O) groups excluding carboxylic acids is 1. The van der Waals surface area contributed by atoms with Gasteiger partial charge >= 0.3 is 29.0 Å². The van der Waals surface area contributed by atoms with E-state index in [4.69, 9.17) is 9.47 Å². The van der Waals surface area contributed by atoms with Crippen molar-refractivity contribution in [3.63, 3.8) is 0 Å². The van der Waals surface area contributed by atoms with Crippen LogP contribution in [0.5, 0.6) is 0 Å². The van der Waals surface area contributed by atoms with Crippen molar-refractivity contribution in [1.82, 2.24) is 0 Å². The second kappa shape index (κ2) is 18.7. The maximum absolute atomic E-state index is 11.3. The molecule has 3 fully saturated rings. The molecule has 3 rings (SSSR count). The van der Waals surface area contributed by atoms with Crippen molar-refractivity contribution in [2.75, 3.05) is 20.3 Å². The van der Waals surface area contributed by atoms with Gasteiger partial charge in [0.15, 0.2) is 0 Å². The molecule has 0 atom stereocenters. The van der Waals surface area contributed by atoms with Crippen molar-refractivity contribution in [3.05, 3.63) is 7.43 Å². The largest absolute Gasteiger partial charge is 2.00 e. The molecule has 36 heavy (non-hydrogen) atoms. The predicted molar refractivity (Wildman–Crippen MR) is 150 cm³/mol. The summed E-state index contributed by atoms with van der Waals surface area (Å²) >= 11 is 0. The van der Waals surface area contributed by atoms with Gasteiger partial charge in [0, 0.05) is 13.2 Å². The zero-order chi connectivity index (χ0) is 25.3. The number of halogens is 1. The first-order valence-electron chi connectivity index (χ1n) is 13.5. The zero-order valence-electron chi connectivity index (χ0n) is 25.6. The van der Waals surface area contributed by atoms with Crippen molar-refractivity contribution in [1.29, 1.82) is 0 Å². The minimum absolute atomic E-state index is 0. The molecule has 1 N–H and O–H groups in total. The summed E-state index contributed by atoms with van der Waals surface area (Å²) in [6.45, 7) is 19.8. The average Bonchev–Trinajstić information content (AvgIpc) is 3.32. The zero-order valence-corrected chi connectivity index (χ0v) is 27.7. The summed E-state index contributed by atoms with van der Waals surface area (Å²) in [5.41, 5.74) is 0.370. The molecule has 212 valence electrons. The van der Waals surface area contributed by atoms with E-state index < -0.39 is 5.60 Å². The summed E-state index contributed by atoms with van der Waals surface area (Å²) in [5.74, 6) is 2.28. The number of hydrogen-bond donors (Lipinski definition) is 1. The van der Waals surface area contributed by atoms with Gasteiger partial charge in [-0.05, 0) is 107 Å². The molecule has 3 aliphatic rings. The predicted octanol–water partition coefficient (Wildman–Crippen LogP) is 4.49. The van der Waals surface area contributed by atoms with E-state index in [1.807, 2.05) is 13.8 Å². The van der Waals surface area contributed by atoms with Crippen molar-refractivity contribution in [2.24, 2.45) is 34.5 Å². The first kappa shape index (κ1) is 40.9. The Balaban J connectivity index is -0.000000473. The summed E-state index contributed by atoms with van der Waals surface area (Å²) < 4.78 is 9.72. The molecule has 0 aromatic carbocycles. The second-order valence-corrected chi connectivity index (χ2v) is 13.3. The number of rotatable bonds is 2. The Labute approximate surface area is 247 Å². The number of aliphatic hydroxyl groups is 1. The third kappa shape index (κ3) is 15.8. The summed E-state index contributed by atoms with van der Waals surface area (Å²) in [5, 5.41) is 9.93. The molecule has 0 aromatic rings. The van der Waals surface area contributed by atoms with E-state index in [9.17, 15) is 9.90 Å². The van der Waals surface area contributed by atoms with E-state index in [1.54, 1.807) is 0 Å². The smallest absolute Gasteiger partial charge is 1.00 e. The number of methoxy groups -OCH3 is 1. The molecule has 0 spiro atoms. The summed E-state index contributed by atoms with van der Waals surface area (Å²) in [4.78, 5) is 11.3. The van der Waals surface area contributed by atoms with E-state index in [2.05, 4.69) is 41.5 Å². The Hall–Kier alpha value is 0.446. The fourth-order valence-electron chi connectivity index (χ4n) is 5.54. The molecular weight excluding hydrogens is 484 g/mol. The maximum atomic E-state index is 11.3. The van der Waals surface area contributed by atoms with Crippen LogP contribution in [-0.2, 0) is 14.3 Å². The molecule has 0 bridgehead atoms. The summed E-state index contributed by atoms with van der Waals surface area (Å²) in [7, 11) is 1.48. The van der Waals surface area contributed by atoms with Gasteiger partial charge in [-0.15, -0.1) is 0 Å². The van der Waals surface area contributed by atoms with E-state index in [1.165, 1.54) is 58.5 Å². The molecule has 0 unspecified atom stereocenters. The summed E-state index contributed by atoms with van der Waals surface area (Å²) in [6, 6.07) is 0. The van der Waals surface area contributed by atoms with Crippen LogP contribution in [0.1, 0.15) is 120 Å². The summed E-state index contributed by atoms with van der Waals surface area (Å²) in [6.07, 6.45) is 11.9. The number of ether oxygens (including phenoxy) is 2. The molecule has 0 aromatic heterocycles. The molecule has 0 amide bonds. The third-order valence-corrected chi connectivity index (χ3v) is 8.26. The molecule has 1 aliphatic heterocycles. The Morgan fingerprint density at radius 1 is 0.722 bits per heavy atom. The molecule has 2 aliphatic carbocycles. The van der Waals surface area contributed by atoms with Crippen molar-refractivity contribution >= 4 is 29.0 Å². The van der Waals surface area contributed by atoms with Crippen LogP contribution in [-0.4, -0.2) is 60.1 Å². The average molecular weight is 544 g/mol. The molecule has 1 saturated heterocycles. The van der Waals surface area contributed by atoms with Gasteiger partial charge < -0.3 is 34.4 Å². The standard InChI is InChI=1S/C13H26O.C12H22O2.C4H8O.CH3.ClH.Mg/c1-12(2,3)10-6-8-11(9-7-10)13(4,5)14;1-12(2,3)10-7-5-9(6-8-10)11(13)14-4;1-2-4-5-3-1;;;/h10-11,14H,6-9H2,1-5H3;9-10H,5-8H2,1-4H3;1-4H2;1H3;1H;/q;;;-1;;+2/p-1. The van der Waals surface area contributed by atoms with Gasteiger partial charge in [0.05, 0.1) is 18.6 Å². The van der Waals surface area contributed by atoms with Gasteiger partial charge in [-0.2, -0.15) is 0 Å². The molecule has 4 nitrogen and oxygen atoms in total. The van der Waals surface area contributed by atoms with E-state index in [0.717, 1.165) is 37.9 Å². The molecule has 1 heterocycles. The first-order valence-corrected chi connectivity index (χ1v) is 13.5. The Morgan fingerprint density at radius 2 is 1.06 bits per heavy atom. The molecule has 0 radical (unpaired) electrons. The van der Waals surface area contributed by atoms with Crippen LogP contribution in [0.15, 0.2) is 0 Å². The van der Waals surface area contributed by atoms with Gasteiger partial charge in [-0.25, -0.2) is 0 Å². The van der Waals surface area contributed by atoms with Gasteiger partial charge in [0.25, 0.3) is 0 Å². The monoisotopic (exact) mass is 542 g/mol. The number of hydrogen-bond acceptors (Lipinski definition) is 4. The number of esters is 1. The molecule has 2 saturated carbocycles. The van der Waals surface area contributed by atoms with E-state index in [0.29, 0.717) is 16.7 Å². The second-order valence-electron chi connectivity index (χ2n) is 13.3. The minimum atomic E-state index is -0.469. The fourth-order valence-corrected chi connectivity index (χ4v) is 5.54. The van der Waals surface area contributed by atoms with E-state index >= 15 is 0 Å².